The Balaban J connectivity index is 1.51. The lowest BCUT2D eigenvalue weighted by molar-refractivity contribution is 0.232. The number of anilines is 1. The minimum absolute atomic E-state index is 0.725. The van der Waals surface area contributed by atoms with Crippen molar-refractivity contribution >= 4 is 5.69 Å². The van der Waals surface area contributed by atoms with Crippen molar-refractivity contribution in [2.75, 3.05) is 45.1 Å². The SMILES string of the molecule is Nc1ccccc1OCCCCCN1CCNCC1. The Morgan fingerprint density at radius 2 is 1.89 bits per heavy atom. The lowest BCUT2D eigenvalue weighted by Crippen LogP contribution is -2.43. The van der Waals surface area contributed by atoms with Crippen LogP contribution < -0.4 is 15.8 Å². The molecule has 106 valence electrons. The van der Waals surface area contributed by atoms with Gasteiger partial charge in [0.05, 0.1) is 12.3 Å². The number of nitrogen functional groups attached to an aromatic ring is 1. The van der Waals surface area contributed by atoms with Crippen LogP contribution in [-0.2, 0) is 0 Å². The molecular weight excluding hydrogens is 238 g/mol. The molecule has 1 fully saturated rings. The molecule has 1 heterocycles. The number of nitrogens with two attached hydrogens (primary N) is 1. The number of ether oxygens (including phenoxy) is 1. The van der Waals surface area contributed by atoms with E-state index in [4.69, 9.17) is 10.5 Å². The summed E-state index contributed by atoms with van der Waals surface area (Å²) in [5, 5.41) is 3.38. The van der Waals surface area contributed by atoms with E-state index in [1.165, 1.54) is 32.5 Å². The first-order chi connectivity index (χ1) is 9.36. The van der Waals surface area contributed by atoms with Crippen LogP contribution in [0.5, 0.6) is 5.75 Å². The molecule has 1 saturated heterocycles. The number of nitrogens with one attached hydrogen (secondary N) is 1. The number of para-hydroxylation sites is 2. The Labute approximate surface area is 115 Å². The van der Waals surface area contributed by atoms with Crippen molar-refractivity contribution in [1.82, 2.24) is 10.2 Å². The van der Waals surface area contributed by atoms with Crippen molar-refractivity contribution in [3.8, 4) is 5.75 Å². The quantitative estimate of drug-likeness (QED) is 0.581. The molecule has 0 saturated carbocycles. The van der Waals surface area contributed by atoms with Gasteiger partial charge in [-0.1, -0.05) is 12.1 Å². The van der Waals surface area contributed by atoms with Gasteiger partial charge in [-0.2, -0.15) is 0 Å². The molecule has 2 rings (SSSR count). The van der Waals surface area contributed by atoms with Crippen LogP contribution in [0.15, 0.2) is 24.3 Å². The van der Waals surface area contributed by atoms with Crippen LogP contribution in [0.2, 0.25) is 0 Å². The normalized spacial score (nSPS) is 16.4. The molecule has 1 aliphatic heterocycles. The van der Waals surface area contributed by atoms with Crippen LogP contribution in [0.3, 0.4) is 0 Å². The molecule has 0 aliphatic carbocycles. The van der Waals surface area contributed by atoms with Crippen LogP contribution in [0.4, 0.5) is 5.69 Å². The Morgan fingerprint density at radius 1 is 1.11 bits per heavy atom. The van der Waals surface area contributed by atoms with Gasteiger partial charge in [-0.3, -0.25) is 0 Å². The first-order valence-corrected chi connectivity index (χ1v) is 7.26. The number of hydrogen-bond donors (Lipinski definition) is 2. The van der Waals surface area contributed by atoms with Crippen LogP contribution in [-0.4, -0.2) is 44.2 Å². The number of unbranched alkanes of at least 4 members (excludes halogenated alkanes) is 2. The summed E-state index contributed by atoms with van der Waals surface area (Å²) in [7, 11) is 0. The zero-order valence-electron chi connectivity index (χ0n) is 11.6. The van der Waals surface area contributed by atoms with Gasteiger partial charge < -0.3 is 20.7 Å². The summed E-state index contributed by atoms with van der Waals surface area (Å²) >= 11 is 0. The van der Waals surface area contributed by atoms with Gasteiger partial charge in [-0.05, 0) is 37.9 Å². The third-order valence-electron chi connectivity index (χ3n) is 3.50. The second kappa shape index (κ2) is 8.02. The Morgan fingerprint density at radius 3 is 2.68 bits per heavy atom. The predicted molar refractivity (Wildman–Crippen MR) is 79.5 cm³/mol. The predicted octanol–water partition coefficient (Wildman–Crippen LogP) is 1.72. The van der Waals surface area contributed by atoms with Gasteiger partial charge in [0.15, 0.2) is 0 Å². The molecule has 3 N–H and O–H groups in total. The van der Waals surface area contributed by atoms with Gasteiger partial charge in [0.2, 0.25) is 0 Å². The van der Waals surface area contributed by atoms with Gasteiger partial charge >= 0.3 is 0 Å². The van der Waals surface area contributed by atoms with Crippen LogP contribution >= 0.6 is 0 Å². The molecule has 0 radical (unpaired) electrons. The van der Waals surface area contributed by atoms with E-state index in [-0.39, 0.29) is 0 Å². The summed E-state index contributed by atoms with van der Waals surface area (Å²) in [6, 6.07) is 7.68. The molecule has 4 heteroatoms. The number of hydrogen-bond acceptors (Lipinski definition) is 4. The summed E-state index contributed by atoms with van der Waals surface area (Å²) < 4.78 is 5.68. The fourth-order valence-corrected chi connectivity index (χ4v) is 2.34. The second-order valence-corrected chi connectivity index (χ2v) is 5.04. The minimum atomic E-state index is 0.725. The summed E-state index contributed by atoms with van der Waals surface area (Å²) in [5.74, 6) is 0.810. The zero-order valence-corrected chi connectivity index (χ0v) is 11.6. The van der Waals surface area contributed by atoms with Gasteiger partial charge in [0.1, 0.15) is 5.75 Å². The molecule has 1 aromatic rings. The molecule has 0 aromatic heterocycles. The fourth-order valence-electron chi connectivity index (χ4n) is 2.34. The van der Waals surface area contributed by atoms with Gasteiger partial charge in [0.25, 0.3) is 0 Å². The molecule has 4 nitrogen and oxygen atoms in total. The highest BCUT2D eigenvalue weighted by Gasteiger charge is 2.08. The molecular formula is C15H25N3O. The number of piperazine rings is 1. The van der Waals surface area contributed by atoms with Gasteiger partial charge in [-0.15, -0.1) is 0 Å². The topological polar surface area (TPSA) is 50.5 Å². The van der Waals surface area contributed by atoms with E-state index in [9.17, 15) is 0 Å². The third kappa shape index (κ3) is 5.09. The summed E-state index contributed by atoms with van der Waals surface area (Å²) in [6.45, 7) is 6.63. The second-order valence-electron chi connectivity index (χ2n) is 5.04. The lowest BCUT2D eigenvalue weighted by Gasteiger charge is -2.27. The van der Waals surface area contributed by atoms with Gasteiger partial charge in [0, 0.05) is 26.2 Å². The van der Waals surface area contributed by atoms with Crippen molar-refractivity contribution in [3.05, 3.63) is 24.3 Å². The molecule has 0 atom stereocenters. The van der Waals surface area contributed by atoms with Crippen molar-refractivity contribution in [2.45, 2.75) is 19.3 Å². The van der Waals surface area contributed by atoms with Crippen LogP contribution in [0.1, 0.15) is 19.3 Å². The summed E-state index contributed by atoms with van der Waals surface area (Å²) in [5.41, 5.74) is 6.55. The van der Waals surface area contributed by atoms with E-state index in [2.05, 4.69) is 10.2 Å². The number of benzene rings is 1. The van der Waals surface area contributed by atoms with Crippen molar-refractivity contribution < 1.29 is 4.74 Å². The van der Waals surface area contributed by atoms with E-state index in [0.29, 0.717) is 0 Å². The summed E-state index contributed by atoms with van der Waals surface area (Å²) in [6.07, 6.45) is 3.57. The number of nitrogens with zero attached hydrogens (tertiary/aromatic N) is 1. The Hall–Kier alpha value is -1.26. The highest BCUT2D eigenvalue weighted by atomic mass is 16.5. The van der Waals surface area contributed by atoms with E-state index >= 15 is 0 Å². The highest BCUT2D eigenvalue weighted by molar-refractivity contribution is 5.51. The van der Waals surface area contributed by atoms with Crippen LogP contribution in [0, 0.1) is 0 Å². The Kier molecular flexibility index (Phi) is 5.98. The average Bonchev–Trinajstić information content (AvgIpc) is 2.45. The van der Waals surface area contributed by atoms with E-state index in [0.717, 1.165) is 37.6 Å². The van der Waals surface area contributed by atoms with Crippen molar-refractivity contribution in [1.29, 1.82) is 0 Å². The van der Waals surface area contributed by atoms with Crippen molar-refractivity contribution in [3.63, 3.8) is 0 Å². The average molecular weight is 263 g/mol. The maximum Gasteiger partial charge on any atom is 0.142 e. The van der Waals surface area contributed by atoms with E-state index in [1.54, 1.807) is 0 Å². The molecule has 0 bridgehead atoms. The minimum Gasteiger partial charge on any atom is -0.491 e. The first kappa shape index (κ1) is 14.2. The lowest BCUT2D eigenvalue weighted by atomic mass is 10.2. The van der Waals surface area contributed by atoms with E-state index < -0.39 is 0 Å². The monoisotopic (exact) mass is 263 g/mol. The highest BCUT2D eigenvalue weighted by Crippen LogP contribution is 2.19. The van der Waals surface area contributed by atoms with Crippen molar-refractivity contribution in [2.24, 2.45) is 0 Å². The largest absolute Gasteiger partial charge is 0.491 e. The van der Waals surface area contributed by atoms with E-state index in [1.807, 2.05) is 24.3 Å². The standard InChI is InChI=1S/C15H25N3O/c16-14-6-2-3-7-15(14)19-13-5-1-4-10-18-11-8-17-9-12-18/h2-3,6-7,17H,1,4-5,8-13,16H2. The molecule has 0 amide bonds. The maximum atomic E-state index is 5.82. The molecule has 0 spiro atoms. The Bertz CT molecular complexity index is 364. The third-order valence-corrected chi connectivity index (χ3v) is 3.50. The van der Waals surface area contributed by atoms with Gasteiger partial charge in [-0.25, -0.2) is 0 Å². The van der Waals surface area contributed by atoms with Crippen LogP contribution in [0.25, 0.3) is 0 Å². The molecule has 0 unspecified atom stereocenters. The first-order valence-electron chi connectivity index (χ1n) is 7.26. The smallest absolute Gasteiger partial charge is 0.142 e. The molecule has 1 aliphatic rings. The molecule has 19 heavy (non-hydrogen) atoms. The zero-order chi connectivity index (χ0) is 13.3. The summed E-state index contributed by atoms with van der Waals surface area (Å²) in [4.78, 5) is 2.53. The fraction of sp³-hybridized carbons (Fsp3) is 0.600. The number of rotatable bonds is 7. The molecule has 1 aromatic carbocycles. The maximum absolute atomic E-state index is 5.82.